The Morgan fingerprint density at radius 1 is 0.743 bits per heavy atom. The van der Waals surface area contributed by atoms with Crippen molar-refractivity contribution in [2.45, 2.75) is 0 Å². The van der Waals surface area contributed by atoms with Crippen molar-refractivity contribution < 1.29 is 4.79 Å². The molecular formula is C27H19I2N5O. The summed E-state index contributed by atoms with van der Waals surface area (Å²) < 4.78 is 3.66. The van der Waals surface area contributed by atoms with Gasteiger partial charge in [0, 0.05) is 40.9 Å². The monoisotopic (exact) mass is 683 g/mol. The van der Waals surface area contributed by atoms with E-state index in [-0.39, 0.29) is 5.91 Å². The van der Waals surface area contributed by atoms with Crippen LogP contribution in [0.3, 0.4) is 0 Å². The molecule has 0 spiro atoms. The van der Waals surface area contributed by atoms with Crippen molar-refractivity contribution in [2.24, 2.45) is 0 Å². The number of anilines is 5. The van der Waals surface area contributed by atoms with E-state index in [4.69, 9.17) is 0 Å². The minimum atomic E-state index is -0.0902. The fourth-order valence-corrected chi connectivity index (χ4v) is 4.86. The van der Waals surface area contributed by atoms with Gasteiger partial charge in [0.15, 0.2) is 0 Å². The minimum Gasteiger partial charge on any atom is -0.355 e. The summed E-state index contributed by atoms with van der Waals surface area (Å²) in [7, 11) is 0. The molecule has 0 atom stereocenters. The molecule has 1 amide bonds. The van der Waals surface area contributed by atoms with Crippen molar-refractivity contribution in [3.05, 3.63) is 115 Å². The van der Waals surface area contributed by atoms with Gasteiger partial charge in [0.1, 0.15) is 0 Å². The summed E-state index contributed by atoms with van der Waals surface area (Å²) in [6, 6.07) is 29.2. The minimum absolute atomic E-state index is 0.0902. The van der Waals surface area contributed by atoms with Gasteiger partial charge in [0.25, 0.3) is 5.91 Å². The predicted octanol–water partition coefficient (Wildman–Crippen LogP) is 7.86. The Morgan fingerprint density at radius 2 is 1.49 bits per heavy atom. The maximum Gasteiger partial charge on any atom is 0.267 e. The largest absolute Gasteiger partial charge is 0.355 e. The number of halogens is 2. The molecule has 0 aliphatic rings. The van der Waals surface area contributed by atoms with Gasteiger partial charge in [-0.25, -0.2) is 3.11 Å². The topological polar surface area (TPSA) is 61.4 Å². The van der Waals surface area contributed by atoms with Crippen molar-refractivity contribution in [3.8, 4) is 0 Å². The van der Waals surface area contributed by atoms with Crippen LogP contribution >= 0.6 is 45.7 Å². The molecule has 35 heavy (non-hydrogen) atoms. The molecule has 8 heteroatoms. The van der Waals surface area contributed by atoms with Gasteiger partial charge in [-0.2, -0.15) is 0 Å². The smallest absolute Gasteiger partial charge is 0.267 e. The SMILES string of the molecule is O=C(c1ccc(Nc2cccc3ncccc23)cc1)N(I)c1cccc(N(I)c2ccncc2)c1. The van der Waals surface area contributed by atoms with Crippen molar-refractivity contribution in [1.82, 2.24) is 9.97 Å². The Balaban J connectivity index is 1.32. The van der Waals surface area contributed by atoms with Crippen molar-refractivity contribution in [1.29, 1.82) is 0 Å². The maximum absolute atomic E-state index is 13.2. The van der Waals surface area contributed by atoms with Crippen LogP contribution in [-0.2, 0) is 0 Å². The van der Waals surface area contributed by atoms with E-state index in [2.05, 4.69) is 61.0 Å². The lowest BCUT2D eigenvalue weighted by Crippen LogP contribution is -2.20. The van der Waals surface area contributed by atoms with Crippen molar-refractivity contribution in [2.75, 3.05) is 11.5 Å². The van der Waals surface area contributed by atoms with Gasteiger partial charge in [-0.05, 0) is 78.9 Å². The van der Waals surface area contributed by atoms with E-state index in [1.165, 1.54) is 0 Å². The summed E-state index contributed by atoms with van der Waals surface area (Å²) in [6.45, 7) is 0. The molecule has 172 valence electrons. The molecule has 2 aromatic heterocycles. The van der Waals surface area contributed by atoms with E-state index in [0.29, 0.717) is 5.56 Å². The molecule has 3 aromatic carbocycles. The third-order valence-corrected chi connectivity index (χ3v) is 7.52. The summed E-state index contributed by atoms with van der Waals surface area (Å²) >= 11 is 4.31. The average Bonchev–Trinajstić information content (AvgIpc) is 2.93. The number of aromatic nitrogens is 2. The first-order chi connectivity index (χ1) is 17.1. The van der Waals surface area contributed by atoms with Gasteiger partial charge in [0.05, 0.1) is 68.3 Å². The zero-order chi connectivity index (χ0) is 24.2. The summed E-state index contributed by atoms with van der Waals surface area (Å²) in [5.74, 6) is -0.0902. The summed E-state index contributed by atoms with van der Waals surface area (Å²) in [6.07, 6.45) is 5.30. The molecular weight excluding hydrogens is 664 g/mol. The molecule has 0 saturated heterocycles. The van der Waals surface area contributed by atoms with E-state index in [1.54, 1.807) is 21.7 Å². The highest BCUT2D eigenvalue weighted by Crippen LogP contribution is 2.33. The van der Waals surface area contributed by atoms with Crippen molar-refractivity contribution in [3.63, 3.8) is 0 Å². The van der Waals surface area contributed by atoms with Crippen LogP contribution in [0.2, 0.25) is 0 Å². The summed E-state index contributed by atoms with van der Waals surface area (Å²) in [4.78, 5) is 21.7. The van der Waals surface area contributed by atoms with Crippen molar-refractivity contribution >= 4 is 91.0 Å². The van der Waals surface area contributed by atoms with Crippen LogP contribution in [0.4, 0.5) is 28.4 Å². The normalized spacial score (nSPS) is 10.7. The Bertz CT molecular complexity index is 1470. The fraction of sp³-hybridized carbons (Fsp3) is 0. The lowest BCUT2D eigenvalue weighted by molar-refractivity contribution is 0.101. The van der Waals surface area contributed by atoms with Gasteiger partial charge in [0.2, 0.25) is 0 Å². The Labute approximate surface area is 231 Å². The van der Waals surface area contributed by atoms with Crippen LogP contribution in [0.1, 0.15) is 10.4 Å². The Hall–Kier alpha value is -3.25. The summed E-state index contributed by atoms with van der Waals surface area (Å²) in [5, 5.41) is 4.48. The number of benzene rings is 3. The molecule has 6 nitrogen and oxygen atoms in total. The molecule has 0 unspecified atom stereocenters. The third kappa shape index (κ3) is 5.22. The third-order valence-electron chi connectivity index (χ3n) is 5.41. The first-order valence-corrected chi connectivity index (χ1v) is 12.7. The highest BCUT2D eigenvalue weighted by atomic mass is 127. The molecule has 0 radical (unpaired) electrons. The lowest BCUT2D eigenvalue weighted by Gasteiger charge is -2.20. The number of nitrogens with zero attached hydrogens (tertiary/aromatic N) is 4. The molecule has 0 saturated carbocycles. The average molecular weight is 683 g/mol. The zero-order valence-corrected chi connectivity index (χ0v) is 22.7. The van der Waals surface area contributed by atoms with Gasteiger partial charge < -0.3 is 5.32 Å². The van der Waals surface area contributed by atoms with E-state index >= 15 is 0 Å². The maximum atomic E-state index is 13.2. The lowest BCUT2D eigenvalue weighted by atomic mass is 10.1. The number of carbonyl (C=O) groups is 1. The standard InChI is InChI=1S/C27H19I2N5O/c28-33(21-13-16-30-17-14-21)22-4-1-5-23(18-22)34(29)27(35)19-9-11-20(12-10-19)32-26-8-2-7-25-24(26)6-3-15-31-25/h1-18,32H. The summed E-state index contributed by atoms with van der Waals surface area (Å²) in [5.41, 5.74) is 6.19. The van der Waals surface area contributed by atoms with E-state index in [0.717, 1.165) is 39.3 Å². The number of hydrogen-bond donors (Lipinski definition) is 1. The van der Waals surface area contributed by atoms with Crippen LogP contribution in [0, 0.1) is 0 Å². The van der Waals surface area contributed by atoms with Crippen LogP contribution in [0.5, 0.6) is 0 Å². The number of carbonyl (C=O) groups excluding carboxylic acids is 1. The van der Waals surface area contributed by atoms with Crippen LogP contribution < -0.4 is 11.5 Å². The molecule has 1 N–H and O–H groups in total. The number of pyridine rings is 2. The Kier molecular flexibility index (Phi) is 7.09. The molecule has 0 aliphatic carbocycles. The number of nitrogens with one attached hydrogen (secondary N) is 1. The second-order valence-electron chi connectivity index (χ2n) is 7.67. The molecule has 0 fully saturated rings. The number of amides is 1. The van der Waals surface area contributed by atoms with E-state index in [9.17, 15) is 4.79 Å². The quantitative estimate of drug-likeness (QED) is 0.146. The van der Waals surface area contributed by atoms with Gasteiger partial charge in [-0.1, -0.05) is 12.1 Å². The van der Waals surface area contributed by atoms with Gasteiger partial charge >= 0.3 is 0 Å². The molecule has 0 bridgehead atoms. The predicted molar refractivity (Wildman–Crippen MR) is 159 cm³/mol. The second kappa shape index (κ2) is 10.6. The molecule has 5 rings (SSSR count). The second-order valence-corrected chi connectivity index (χ2v) is 9.60. The highest BCUT2D eigenvalue weighted by Gasteiger charge is 2.17. The Morgan fingerprint density at radius 3 is 2.29 bits per heavy atom. The van der Waals surface area contributed by atoms with Gasteiger partial charge in [-0.15, -0.1) is 0 Å². The van der Waals surface area contributed by atoms with E-state index in [1.807, 2.05) is 94.1 Å². The first-order valence-electron chi connectivity index (χ1n) is 10.8. The van der Waals surface area contributed by atoms with Crippen LogP contribution in [0.15, 0.2) is 110 Å². The fourth-order valence-electron chi connectivity index (χ4n) is 3.66. The molecule has 5 aromatic rings. The van der Waals surface area contributed by atoms with Crippen LogP contribution in [-0.4, -0.2) is 15.9 Å². The van der Waals surface area contributed by atoms with Crippen LogP contribution in [0.25, 0.3) is 10.9 Å². The van der Waals surface area contributed by atoms with E-state index < -0.39 is 0 Å². The number of hydrogen-bond acceptors (Lipinski definition) is 5. The first kappa shape index (κ1) is 23.5. The number of rotatable bonds is 6. The zero-order valence-electron chi connectivity index (χ0n) is 18.3. The number of fused-ring (bicyclic) bond motifs is 1. The molecule has 2 heterocycles. The van der Waals surface area contributed by atoms with Gasteiger partial charge in [-0.3, -0.25) is 17.9 Å². The highest BCUT2D eigenvalue weighted by molar-refractivity contribution is 14.1. The molecule has 0 aliphatic heterocycles.